The van der Waals surface area contributed by atoms with Crippen molar-refractivity contribution in [2.75, 3.05) is 14.1 Å². The predicted molar refractivity (Wildman–Crippen MR) is 127 cm³/mol. The van der Waals surface area contributed by atoms with Gasteiger partial charge in [-0.3, -0.25) is 14.2 Å². The Morgan fingerprint density at radius 1 is 1.26 bits per heavy atom. The molecule has 2 aromatic heterocycles. The molecule has 2 heterocycles. The number of carbonyl (C=O) groups excluding carboxylic acids is 1. The second-order valence-corrected chi connectivity index (χ2v) is 10.3. The van der Waals surface area contributed by atoms with E-state index in [2.05, 4.69) is 4.98 Å². The number of thiazole rings is 1. The number of halogens is 1. The fourth-order valence-electron chi connectivity index (χ4n) is 3.84. The highest BCUT2D eigenvalue weighted by atomic mass is 35.5. The Hall–Kier alpha value is -1.90. The zero-order valence-corrected chi connectivity index (χ0v) is 20.0. The molecule has 1 fully saturated rings. The van der Waals surface area contributed by atoms with Gasteiger partial charge in [0.15, 0.2) is 5.16 Å². The first-order valence-electron chi connectivity index (χ1n) is 10.4. The van der Waals surface area contributed by atoms with E-state index in [1.807, 2.05) is 9.95 Å². The number of hydrogen-bond donors (Lipinski definition) is 0. The third-order valence-electron chi connectivity index (χ3n) is 5.52. The average Bonchev–Trinajstić information content (AvgIpc) is 3.20. The quantitative estimate of drug-likeness (QED) is 0.372. The van der Waals surface area contributed by atoms with Gasteiger partial charge in [-0.2, -0.15) is 0 Å². The van der Waals surface area contributed by atoms with Crippen LogP contribution in [0.2, 0.25) is 5.02 Å². The SMILES string of the molecule is CN(C)C(=O)Cc1nc(CSc2nc3cc(Cl)ccc3c(=O)n2C2CCCCC2)cs1. The molecule has 1 aliphatic carbocycles. The molecule has 0 atom stereocenters. The van der Waals surface area contributed by atoms with Crippen molar-refractivity contribution in [3.63, 3.8) is 0 Å². The Labute approximate surface area is 194 Å². The van der Waals surface area contributed by atoms with Gasteiger partial charge in [0, 0.05) is 36.3 Å². The molecule has 4 rings (SSSR count). The summed E-state index contributed by atoms with van der Waals surface area (Å²) in [6, 6.07) is 5.45. The maximum Gasteiger partial charge on any atom is 0.262 e. The summed E-state index contributed by atoms with van der Waals surface area (Å²) in [6.07, 6.45) is 5.80. The van der Waals surface area contributed by atoms with E-state index in [1.54, 1.807) is 37.2 Å². The number of rotatable bonds is 6. The molecule has 1 amide bonds. The van der Waals surface area contributed by atoms with Gasteiger partial charge in [0.25, 0.3) is 5.56 Å². The lowest BCUT2D eigenvalue weighted by molar-refractivity contribution is -0.127. The van der Waals surface area contributed by atoms with Crippen molar-refractivity contribution in [1.82, 2.24) is 19.4 Å². The molecule has 1 aromatic carbocycles. The van der Waals surface area contributed by atoms with Crippen molar-refractivity contribution in [1.29, 1.82) is 0 Å². The lowest BCUT2D eigenvalue weighted by Crippen LogP contribution is -2.29. The Morgan fingerprint density at radius 3 is 2.77 bits per heavy atom. The smallest absolute Gasteiger partial charge is 0.262 e. The minimum atomic E-state index is 0.00612. The van der Waals surface area contributed by atoms with E-state index in [4.69, 9.17) is 16.6 Å². The van der Waals surface area contributed by atoms with Crippen molar-refractivity contribution in [3.05, 3.63) is 49.7 Å². The molecule has 3 aromatic rings. The second-order valence-electron chi connectivity index (χ2n) is 8.01. The van der Waals surface area contributed by atoms with Crippen LogP contribution in [0.4, 0.5) is 0 Å². The van der Waals surface area contributed by atoms with E-state index >= 15 is 0 Å². The second kappa shape index (κ2) is 9.71. The Kier molecular flexibility index (Phi) is 6.99. The molecule has 0 aliphatic heterocycles. The molecule has 1 saturated carbocycles. The molecule has 0 saturated heterocycles. The summed E-state index contributed by atoms with van der Waals surface area (Å²) in [5, 5.41) is 4.67. The number of thioether (sulfide) groups is 1. The van der Waals surface area contributed by atoms with E-state index in [-0.39, 0.29) is 17.5 Å². The molecule has 9 heteroatoms. The van der Waals surface area contributed by atoms with Gasteiger partial charge in [-0.25, -0.2) is 9.97 Å². The lowest BCUT2D eigenvalue weighted by Gasteiger charge is -2.26. The minimum absolute atomic E-state index is 0.00612. The van der Waals surface area contributed by atoms with Crippen LogP contribution in [-0.2, 0) is 17.0 Å². The van der Waals surface area contributed by atoms with Crippen molar-refractivity contribution < 1.29 is 4.79 Å². The van der Waals surface area contributed by atoms with E-state index in [9.17, 15) is 9.59 Å². The van der Waals surface area contributed by atoms with Crippen molar-refractivity contribution in [2.45, 2.75) is 55.5 Å². The maximum atomic E-state index is 13.4. The first-order valence-corrected chi connectivity index (χ1v) is 12.6. The molecule has 6 nitrogen and oxygen atoms in total. The summed E-state index contributed by atoms with van der Waals surface area (Å²) in [7, 11) is 3.49. The number of benzene rings is 1. The molecular weight excluding hydrogens is 452 g/mol. The minimum Gasteiger partial charge on any atom is -0.348 e. The Bertz CT molecular complexity index is 1150. The highest BCUT2D eigenvalue weighted by Crippen LogP contribution is 2.32. The summed E-state index contributed by atoms with van der Waals surface area (Å²) >= 11 is 9.17. The normalized spacial score (nSPS) is 14.8. The fourth-order valence-corrected chi connectivity index (χ4v) is 5.85. The molecule has 0 N–H and O–H groups in total. The van der Waals surface area contributed by atoms with Crippen LogP contribution < -0.4 is 5.56 Å². The molecule has 164 valence electrons. The summed E-state index contributed by atoms with van der Waals surface area (Å²) in [5.74, 6) is 0.630. The van der Waals surface area contributed by atoms with E-state index in [1.165, 1.54) is 29.5 Å². The Balaban J connectivity index is 1.62. The monoisotopic (exact) mass is 476 g/mol. The summed E-state index contributed by atoms with van der Waals surface area (Å²) in [4.78, 5) is 36.3. The lowest BCUT2D eigenvalue weighted by atomic mass is 9.95. The number of hydrogen-bond acceptors (Lipinski definition) is 6. The summed E-state index contributed by atoms with van der Waals surface area (Å²) < 4.78 is 1.89. The number of amides is 1. The zero-order valence-electron chi connectivity index (χ0n) is 17.6. The van der Waals surface area contributed by atoms with Gasteiger partial charge in [-0.1, -0.05) is 42.6 Å². The van der Waals surface area contributed by atoms with Gasteiger partial charge in [0.1, 0.15) is 5.01 Å². The number of likely N-dealkylation sites (N-methyl/N-ethyl adjacent to an activating group) is 1. The van der Waals surface area contributed by atoms with Gasteiger partial charge < -0.3 is 4.90 Å². The topological polar surface area (TPSA) is 68.1 Å². The van der Waals surface area contributed by atoms with Crippen LogP contribution in [0.15, 0.2) is 33.5 Å². The Morgan fingerprint density at radius 2 is 2.03 bits per heavy atom. The number of carbonyl (C=O) groups is 1. The summed E-state index contributed by atoms with van der Waals surface area (Å²) in [6.45, 7) is 0. The molecule has 1 aliphatic rings. The molecule has 0 spiro atoms. The standard InChI is InChI=1S/C22H25ClN4O2S2/c1-26(2)20(28)11-19-24-15(12-30-19)13-31-22-25-18-10-14(23)8-9-17(18)21(29)27(22)16-6-4-3-5-7-16/h8-10,12,16H,3-7,11,13H2,1-2H3. The fraction of sp³-hybridized carbons (Fsp3) is 0.455. The average molecular weight is 477 g/mol. The predicted octanol–water partition coefficient (Wildman–Crippen LogP) is 4.93. The van der Waals surface area contributed by atoms with Crippen molar-refractivity contribution in [3.8, 4) is 0 Å². The van der Waals surface area contributed by atoms with Crippen LogP contribution in [-0.4, -0.2) is 39.4 Å². The van der Waals surface area contributed by atoms with Crippen LogP contribution in [0.5, 0.6) is 0 Å². The van der Waals surface area contributed by atoms with E-state index in [0.29, 0.717) is 33.3 Å². The third kappa shape index (κ3) is 5.13. The van der Waals surface area contributed by atoms with Crippen molar-refractivity contribution >= 4 is 51.5 Å². The molecule has 0 bridgehead atoms. The molecular formula is C22H25ClN4O2S2. The molecule has 0 unspecified atom stereocenters. The maximum absolute atomic E-state index is 13.4. The van der Waals surface area contributed by atoms with E-state index < -0.39 is 0 Å². The number of nitrogens with zero attached hydrogens (tertiary/aromatic N) is 4. The van der Waals surface area contributed by atoms with Gasteiger partial charge in [-0.15, -0.1) is 11.3 Å². The third-order valence-corrected chi connectivity index (χ3v) is 7.64. The first-order chi connectivity index (χ1) is 14.9. The van der Waals surface area contributed by atoms with Crippen LogP contribution in [0.3, 0.4) is 0 Å². The van der Waals surface area contributed by atoms with Gasteiger partial charge in [-0.05, 0) is 31.0 Å². The highest BCUT2D eigenvalue weighted by molar-refractivity contribution is 7.98. The van der Waals surface area contributed by atoms with Gasteiger partial charge in [0.05, 0.1) is 23.0 Å². The van der Waals surface area contributed by atoms with Gasteiger partial charge >= 0.3 is 0 Å². The number of fused-ring (bicyclic) bond motifs is 1. The van der Waals surface area contributed by atoms with Gasteiger partial charge in [0.2, 0.25) is 5.91 Å². The van der Waals surface area contributed by atoms with Crippen molar-refractivity contribution in [2.24, 2.45) is 0 Å². The van der Waals surface area contributed by atoms with Crippen LogP contribution in [0.1, 0.15) is 48.8 Å². The molecule has 0 radical (unpaired) electrons. The largest absolute Gasteiger partial charge is 0.348 e. The van der Waals surface area contributed by atoms with Crippen LogP contribution >= 0.6 is 34.7 Å². The van der Waals surface area contributed by atoms with E-state index in [0.717, 1.165) is 36.4 Å². The highest BCUT2D eigenvalue weighted by Gasteiger charge is 2.22. The number of aromatic nitrogens is 3. The first kappa shape index (κ1) is 22.3. The zero-order chi connectivity index (χ0) is 22.0. The van der Waals surface area contributed by atoms with Crippen LogP contribution in [0, 0.1) is 0 Å². The summed E-state index contributed by atoms with van der Waals surface area (Å²) in [5.41, 5.74) is 1.53. The van der Waals surface area contributed by atoms with Crippen LogP contribution in [0.25, 0.3) is 10.9 Å². The molecule has 31 heavy (non-hydrogen) atoms.